The fourth-order valence-electron chi connectivity index (χ4n) is 1.52. The van der Waals surface area contributed by atoms with Crippen LogP contribution in [0.15, 0.2) is 22.7 Å². The number of carbonyl (C=O) groups is 1. The number of rotatable bonds is 2. The van der Waals surface area contributed by atoms with Gasteiger partial charge in [-0.3, -0.25) is 4.79 Å². The average Bonchev–Trinajstić information content (AvgIpc) is 2.90. The van der Waals surface area contributed by atoms with Crippen LogP contribution in [0.5, 0.6) is 0 Å². The highest BCUT2D eigenvalue weighted by Crippen LogP contribution is 2.50. The molecule has 1 aliphatic rings. The van der Waals surface area contributed by atoms with E-state index in [4.69, 9.17) is 11.6 Å². The minimum atomic E-state index is -0.608. The normalized spacial score (nSPS) is 17.9. The van der Waals surface area contributed by atoms with Crippen molar-refractivity contribution in [1.82, 2.24) is 0 Å². The Bertz CT molecular complexity index is 401. The molecule has 0 unspecified atom stereocenters. The van der Waals surface area contributed by atoms with Crippen molar-refractivity contribution in [2.24, 2.45) is 0 Å². The molecule has 0 aromatic heterocycles. The second kappa shape index (κ2) is 3.31. The van der Waals surface area contributed by atoms with Gasteiger partial charge in [-0.1, -0.05) is 6.07 Å². The Morgan fingerprint density at radius 2 is 2.14 bits per heavy atom. The Kier molecular flexibility index (Phi) is 2.40. The summed E-state index contributed by atoms with van der Waals surface area (Å²) in [6.07, 6.45) is 1.44. The fourth-order valence-corrected chi connectivity index (χ4v) is 2.06. The zero-order valence-corrected chi connectivity index (χ0v) is 9.53. The average molecular weight is 278 g/mol. The Morgan fingerprint density at radius 1 is 1.50 bits per heavy atom. The first-order valence-corrected chi connectivity index (χ1v) is 5.39. The van der Waals surface area contributed by atoms with Crippen molar-refractivity contribution in [2.75, 3.05) is 0 Å². The highest BCUT2D eigenvalue weighted by molar-refractivity contribution is 9.10. The van der Waals surface area contributed by atoms with Crippen molar-refractivity contribution in [1.29, 1.82) is 0 Å². The summed E-state index contributed by atoms with van der Waals surface area (Å²) < 4.78 is 13.6. The molecule has 0 saturated heterocycles. The topological polar surface area (TPSA) is 17.1 Å². The van der Waals surface area contributed by atoms with E-state index in [1.807, 2.05) is 0 Å². The summed E-state index contributed by atoms with van der Waals surface area (Å²) in [5.41, 5.74) is 0.0708. The third kappa shape index (κ3) is 1.48. The zero-order chi connectivity index (χ0) is 10.3. The summed E-state index contributed by atoms with van der Waals surface area (Å²) in [6.45, 7) is 0. The molecule has 0 radical (unpaired) electrons. The van der Waals surface area contributed by atoms with Gasteiger partial charge in [0.1, 0.15) is 5.82 Å². The van der Waals surface area contributed by atoms with Crippen LogP contribution in [0, 0.1) is 5.82 Å². The predicted molar refractivity (Wildman–Crippen MR) is 55.9 cm³/mol. The van der Waals surface area contributed by atoms with E-state index in [-0.39, 0.29) is 11.1 Å². The van der Waals surface area contributed by atoms with Crippen molar-refractivity contribution in [3.63, 3.8) is 0 Å². The second-order valence-electron chi connectivity index (χ2n) is 3.48. The lowest BCUT2D eigenvalue weighted by Crippen LogP contribution is -2.14. The van der Waals surface area contributed by atoms with Gasteiger partial charge < -0.3 is 0 Å². The number of carbonyl (C=O) groups excluding carboxylic acids is 1. The molecule has 1 aliphatic carbocycles. The molecule has 0 heterocycles. The van der Waals surface area contributed by atoms with E-state index in [2.05, 4.69) is 15.9 Å². The van der Waals surface area contributed by atoms with Gasteiger partial charge in [0.2, 0.25) is 5.24 Å². The van der Waals surface area contributed by atoms with Crippen LogP contribution < -0.4 is 0 Å². The molecule has 1 nitrogen and oxygen atoms in total. The van der Waals surface area contributed by atoms with Crippen LogP contribution in [-0.2, 0) is 10.2 Å². The smallest absolute Gasteiger partial charge is 0.232 e. The molecule has 0 spiro atoms. The number of benzene rings is 1. The van der Waals surface area contributed by atoms with Gasteiger partial charge in [-0.2, -0.15) is 0 Å². The third-order valence-corrected chi connectivity index (χ3v) is 3.60. The minimum Gasteiger partial charge on any atom is -0.280 e. The molecule has 0 aliphatic heterocycles. The molecule has 4 heteroatoms. The molecule has 0 bridgehead atoms. The van der Waals surface area contributed by atoms with Gasteiger partial charge >= 0.3 is 0 Å². The van der Waals surface area contributed by atoms with Gasteiger partial charge in [-0.05, 0) is 58.1 Å². The molecule has 1 saturated carbocycles. The van der Waals surface area contributed by atoms with Crippen LogP contribution in [0.4, 0.5) is 4.39 Å². The fraction of sp³-hybridized carbons (Fsp3) is 0.300. The zero-order valence-electron chi connectivity index (χ0n) is 7.19. The SMILES string of the molecule is O=C(Cl)C1(c2ccc(Br)c(F)c2)CC1. The maximum absolute atomic E-state index is 13.2. The van der Waals surface area contributed by atoms with Gasteiger partial charge in [-0.15, -0.1) is 0 Å². The number of hydrogen-bond donors (Lipinski definition) is 0. The maximum atomic E-state index is 13.2. The summed E-state index contributed by atoms with van der Waals surface area (Å²) in [5, 5.41) is -0.390. The van der Waals surface area contributed by atoms with Gasteiger partial charge in [-0.25, -0.2) is 4.39 Å². The summed E-state index contributed by atoms with van der Waals surface area (Å²) in [4.78, 5) is 11.2. The Morgan fingerprint density at radius 3 is 2.57 bits per heavy atom. The molecule has 74 valence electrons. The number of halogens is 3. The molecule has 2 rings (SSSR count). The predicted octanol–water partition coefficient (Wildman–Crippen LogP) is 3.39. The summed E-state index contributed by atoms with van der Waals surface area (Å²) in [5.74, 6) is -0.355. The van der Waals surface area contributed by atoms with Gasteiger partial charge in [0.25, 0.3) is 0 Å². The standard InChI is InChI=1S/C10H7BrClFO/c11-7-2-1-6(5-8(7)13)10(3-4-10)9(12)14/h1-2,5H,3-4H2. The van der Waals surface area contributed by atoms with E-state index in [0.717, 1.165) is 12.8 Å². The van der Waals surface area contributed by atoms with E-state index in [1.165, 1.54) is 6.07 Å². The van der Waals surface area contributed by atoms with Gasteiger partial charge in [0.15, 0.2) is 0 Å². The van der Waals surface area contributed by atoms with Crippen molar-refractivity contribution < 1.29 is 9.18 Å². The molecule has 0 amide bonds. The lowest BCUT2D eigenvalue weighted by Gasteiger charge is -2.10. The molecular formula is C10H7BrClFO. The van der Waals surface area contributed by atoms with E-state index < -0.39 is 5.41 Å². The highest BCUT2D eigenvalue weighted by Gasteiger charge is 2.50. The van der Waals surface area contributed by atoms with Crippen LogP contribution in [0.2, 0.25) is 0 Å². The molecule has 1 aromatic carbocycles. The largest absolute Gasteiger partial charge is 0.280 e. The van der Waals surface area contributed by atoms with E-state index in [0.29, 0.717) is 10.0 Å². The van der Waals surface area contributed by atoms with Gasteiger partial charge in [0, 0.05) is 0 Å². The maximum Gasteiger partial charge on any atom is 0.232 e. The Balaban J connectivity index is 2.43. The van der Waals surface area contributed by atoms with Crippen LogP contribution >= 0.6 is 27.5 Å². The summed E-state index contributed by atoms with van der Waals surface area (Å²) >= 11 is 8.55. The Labute approximate surface area is 94.4 Å². The van der Waals surface area contributed by atoms with E-state index in [9.17, 15) is 9.18 Å². The molecule has 1 fully saturated rings. The second-order valence-corrected chi connectivity index (χ2v) is 4.68. The first-order chi connectivity index (χ1) is 6.56. The minimum absolute atomic E-state index is 0.355. The lowest BCUT2D eigenvalue weighted by atomic mass is 9.97. The molecule has 1 aromatic rings. The quantitative estimate of drug-likeness (QED) is 0.757. The van der Waals surface area contributed by atoms with Crippen LogP contribution in [0.3, 0.4) is 0 Å². The summed E-state index contributed by atoms with van der Waals surface area (Å²) in [7, 11) is 0. The molecule has 14 heavy (non-hydrogen) atoms. The lowest BCUT2D eigenvalue weighted by molar-refractivity contribution is -0.113. The molecule has 0 atom stereocenters. The van der Waals surface area contributed by atoms with Crippen LogP contribution in [0.25, 0.3) is 0 Å². The van der Waals surface area contributed by atoms with Crippen molar-refractivity contribution in [3.05, 3.63) is 34.1 Å². The van der Waals surface area contributed by atoms with E-state index >= 15 is 0 Å². The first kappa shape index (κ1) is 10.1. The third-order valence-electron chi connectivity index (χ3n) is 2.60. The summed E-state index contributed by atoms with van der Waals surface area (Å²) in [6, 6.07) is 4.71. The van der Waals surface area contributed by atoms with Crippen molar-refractivity contribution in [2.45, 2.75) is 18.3 Å². The molecular weight excluding hydrogens is 270 g/mol. The van der Waals surface area contributed by atoms with Gasteiger partial charge in [0.05, 0.1) is 9.89 Å². The monoisotopic (exact) mass is 276 g/mol. The molecule has 0 N–H and O–H groups in total. The highest BCUT2D eigenvalue weighted by atomic mass is 79.9. The first-order valence-electron chi connectivity index (χ1n) is 4.22. The number of hydrogen-bond acceptors (Lipinski definition) is 1. The van der Waals surface area contributed by atoms with Crippen molar-refractivity contribution >= 4 is 32.8 Å². The Hall–Kier alpha value is -0.410. The van der Waals surface area contributed by atoms with E-state index in [1.54, 1.807) is 12.1 Å². The van der Waals surface area contributed by atoms with Crippen LogP contribution in [0.1, 0.15) is 18.4 Å². The van der Waals surface area contributed by atoms with Crippen LogP contribution in [-0.4, -0.2) is 5.24 Å². The van der Waals surface area contributed by atoms with Crippen molar-refractivity contribution in [3.8, 4) is 0 Å².